The molecule has 1 heteroatoms. The van der Waals surface area contributed by atoms with E-state index >= 15 is 0 Å². The Hall–Kier alpha value is -1.76. The van der Waals surface area contributed by atoms with Crippen molar-refractivity contribution in [2.45, 2.75) is 26.7 Å². The number of hydrogen-bond donors (Lipinski definition) is 1. The molecule has 0 atom stereocenters. The van der Waals surface area contributed by atoms with Crippen LogP contribution < -0.4 is 0 Å². The average molecular weight is 226 g/mol. The van der Waals surface area contributed by atoms with Crippen LogP contribution in [0, 0.1) is 13.8 Å². The smallest absolute Gasteiger partial charge is 0.118 e. The second-order valence-corrected chi connectivity index (χ2v) is 4.55. The molecule has 0 aromatic heterocycles. The summed E-state index contributed by atoms with van der Waals surface area (Å²) in [5.41, 5.74) is 4.88. The third-order valence-corrected chi connectivity index (χ3v) is 3.18. The summed E-state index contributed by atoms with van der Waals surface area (Å²) in [6.07, 6.45) is 2.00. The second kappa shape index (κ2) is 5.05. The van der Waals surface area contributed by atoms with Crippen LogP contribution in [0.5, 0.6) is 5.75 Å². The molecular formula is C16H18O. The van der Waals surface area contributed by atoms with E-state index < -0.39 is 0 Å². The van der Waals surface area contributed by atoms with Crippen LogP contribution in [0.1, 0.15) is 22.3 Å². The molecule has 2 aromatic carbocycles. The van der Waals surface area contributed by atoms with Crippen LogP contribution in [0.4, 0.5) is 0 Å². The summed E-state index contributed by atoms with van der Waals surface area (Å²) >= 11 is 0. The maximum atomic E-state index is 9.64. The van der Waals surface area contributed by atoms with Gasteiger partial charge in [-0.3, -0.25) is 0 Å². The van der Waals surface area contributed by atoms with Crippen molar-refractivity contribution < 1.29 is 5.11 Å². The summed E-state index contributed by atoms with van der Waals surface area (Å²) in [4.78, 5) is 0. The fourth-order valence-corrected chi connectivity index (χ4v) is 2.09. The van der Waals surface area contributed by atoms with Crippen molar-refractivity contribution in [2.75, 3.05) is 0 Å². The first-order valence-corrected chi connectivity index (χ1v) is 6.00. The van der Waals surface area contributed by atoms with Gasteiger partial charge in [0.2, 0.25) is 0 Å². The highest BCUT2D eigenvalue weighted by Crippen LogP contribution is 2.21. The van der Waals surface area contributed by atoms with Gasteiger partial charge in [0.15, 0.2) is 0 Å². The van der Waals surface area contributed by atoms with E-state index in [1.165, 1.54) is 16.7 Å². The maximum Gasteiger partial charge on any atom is 0.118 e. The van der Waals surface area contributed by atoms with Gasteiger partial charge in [0.05, 0.1) is 0 Å². The van der Waals surface area contributed by atoms with Crippen LogP contribution in [0.2, 0.25) is 0 Å². The summed E-state index contributed by atoms with van der Waals surface area (Å²) in [6, 6.07) is 14.3. The van der Waals surface area contributed by atoms with Crippen molar-refractivity contribution in [3.63, 3.8) is 0 Å². The molecule has 0 unspecified atom stereocenters. The molecule has 0 saturated heterocycles. The molecule has 1 nitrogen and oxygen atoms in total. The predicted molar refractivity (Wildman–Crippen MR) is 71.4 cm³/mol. The third-order valence-electron chi connectivity index (χ3n) is 3.18. The van der Waals surface area contributed by atoms with Crippen molar-refractivity contribution in [1.29, 1.82) is 0 Å². The molecule has 0 aliphatic rings. The van der Waals surface area contributed by atoms with Gasteiger partial charge in [0.25, 0.3) is 0 Å². The third kappa shape index (κ3) is 2.88. The van der Waals surface area contributed by atoms with Crippen LogP contribution >= 0.6 is 0 Å². The molecule has 2 aromatic rings. The molecule has 0 heterocycles. The number of aryl methyl sites for hydroxylation is 3. The molecule has 17 heavy (non-hydrogen) atoms. The zero-order chi connectivity index (χ0) is 12.3. The van der Waals surface area contributed by atoms with Gasteiger partial charge in [-0.1, -0.05) is 42.0 Å². The number of phenols is 1. The molecule has 0 aliphatic carbocycles. The van der Waals surface area contributed by atoms with Gasteiger partial charge in [-0.05, 0) is 49.4 Å². The van der Waals surface area contributed by atoms with E-state index in [0.29, 0.717) is 5.75 Å². The topological polar surface area (TPSA) is 20.2 Å². The molecule has 0 fully saturated rings. The molecule has 1 N–H and O–H groups in total. The molecule has 0 aliphatic heterocycles. The van der Waals surface area contributed by atoms with Crippen LogP contribution in [0.25, 0.3) is 0 Å². The molecule has 88 valence electrons. The van der Waals surface area contributed by atoms with Gasteiger partial charge in [-0.15, -0.1) is 0 Å². The second-order valence-electron chi connectivity index (χ2n) is 4.55. The first kappa shape index (κ1) is 11.7. The van der Waals surface area contributed by atoms with Gasteiger partial charge in [-0.25, -0.2) is 0 Å². The first-order chi connectivity index (χ1) is 8.16. The lowest BCUT2D eigenvalue weighted by Crippen LogP contribution is -1.94. The monoisotopic (exact) mass is 226 g/mol. The summed E-state index contributed by atoms with van der Waals surface area (Å²) in [6.45, 7) is 4.09. The van der Waals surface area contributed by atoms with Crippen LogP contribution in [0.15, 0.2) is 42.5 Å². The standard InChI is InChI=1S/C16H18O/c1-12-5-3-6-14(11-12)9-10-15-7-4-8-16(17)13(15)2/h3-8,11,17H,9-10H2,1-2H3. The van der Waals surface area contributed by atoms with Crippen molar-refractivity contribution in [1.82, 2.24) is 0 Å². The van der Waals surface area contributed by atoms with Crippen LogP contribution in [-0.4, -0.2) is 5.11 Å². The quantitative estimate of drug-likeness (QED) is 0.844. The highest BCUT2D eigenvalue weighted by atomic mass is 16.3. The van der Waals surface area contributed by atoms with Gasteiger partial charge in [-0.2, -0.15) is 0 Å². The summed E-state index contributed by atoms with van der Waals surface area (Å²) < 4.78 is 0. The number of phenolic OH excluding ortho intramolecular Hbond substituents is 1. The molecule has 0 bridgehead atoms. The minimum Gasteiger partial charge on any atom is -0.508 e. The van der Waals surface area contributed by atoms with Gasteiger partial charge >= 0.3 is 0 Å². The summed E-state index contributed by atoms with van der Waals surface area (Å²) in [5, 5.41) is 9.64. The SMILES string of the molecule is Cc1cccc(CCc2cccc(O)c2C)c1. The van der Waals surface area contributed by atoms with Crippen LogP contribution in [0.3, 0.4) is 0 Å². The minimum absolute atomic E-state index is 0.395. The Balaban J connectivity index is 2.10. The van der Waals surface area contributed by atoms with E-state index in [1.54, 1.807) is 6.07 Å². The van der Waals surface area contributed by atoms with Crippen molar-refractivity contribution in [3.05, 3.63) is 64.7 Å². The molecule has 0 amide bonds. The lowest BCUT2D eigenvalue weighted by atomic mass is 9.99. The summed E-state index contributed by atoms with van der Waals surface area (Å²) in [7, 11) is 0. The van der Waals surface area contributed by atoms with Crippen molar-refractivity contribution in [2.24, 2.45) is 0 Å². The van der Waals surface area contributed by atoms with Crippen molar-refractivity contribution in [3.8, 4) is 5.75 Å². The average Bonchev–Trinajstić information content (AvgIpc) is 2.31. The van der Waals surface area contributed by atoms with E-state index in [0.717, 1.165) is 18.4 Å². The van der Waals surface area contributed by atoms with E-state index in [4.69, 9.17) is 0 Å². The number of hydrogen-bond acceptors (Lipinski definition) is 1. The molecular weight excluding hydrogens is 208 g/mol. The lowest BCUT2D eigenvalue weighted by Gasteiger charge is -2.07. The fourth-order valence-electron chi connectivity index (χ4n) is 2.09. The molecule has 0 spiro atoms. The molecule has 0 saturated carbocycles. The van der Waals surface area contributed by atoms with E-state index in [1.807, 2.05) is 13.0 Å². The highest BCUT2D eigenvalue weighted by Gasteiger charge is 2.03. The highest BCUT2D eigenvalue weighted by molar-refractivity contribution is 5.38. The Morgan fingerprint density at radius 1 is 0.941 bits per heavy atom. The first-order valence-electron chi connectivity index (χ1n) is 6.00. The van der Waals surface area contributed by atoms with Gasteiger partial charge in [0, 0.05) is 0 Å². The zero-order valence-electron chi connectivity index (χ0n) is 10.4. The zero-order valence-corrected chi connectivity index (χ0v) is 10.4. The van der Waals surface area contributed by atoms with E-state index in [2.05, 4.69) is 37.3 Å². The Morgan fingerprint density at radius 2 is 1.71 bits per heavy atom. The van der Waals surface area contributed by atoms with Gasteiger partial charge in [0.1, 0.15) is 5.75 Å². The number of aromatic hydroxyl groups is 1. The van der Waals surface area contributed by atoms with E-state index in [-0.39, 0.29) is 0 Å². The fraction of sp³-hybridized carbons (Fsp3) is 0.250. The normalized spacial score (nSPS) is 10.5. The molecule has 0 radical (unpaired) electrons. The largest absolute Gasteiger partial charge is 0.508 e. The Kier molecular flexibility index (Phi) is 3.48. The Bertz CT molecular complexity index is 515. The maximum absolute atomic E-state index is 9.64. The predicted octanol–water partition coefficient (Wildman–Crippen LogP) is 3.79. The number of benzene rings is 2. The lowest BCUT2D eigenvalue weighted by molar-refractivity contribution is 0.470. The Labute approximate surface area is 103 Å². The molecule has 2 rings (SSSR count). The van der Waals surface area contributed by atoms with Crippen molar-refractivity contribution >= 4 is 0 Å². The number of rotatable bonds is 3. The minimum atomic E-state index is 0.395. The van der Waals surface area contributed by atoms with E-state index in [9.17, 15) is 5.11 Å². The van der Waals surface area contributed by atoms with Crippen LogP contribution in [-0.2, 0) is 12.8 Å². The van der Waals surface area contributed by atoms with Gasteiger partial charge < -0.3 is 5.11 Å². The summed E-state index contributed by atoms with van der Waals surface area (Å²) in [5.74, 6) is 0.395. The Morgan fingerprint density at radius 3 is 2.47 bits per heavy atom.